The van der Waals surface area contributed by atoms with Crippen LogP contribution in [-0.2, 0) is 4.79 Å². The van der Waals surface area contributed by atoms with Crippen molar-refractivity contribution < 1.29 is 4.79 Å². The molecule has 2 fully saturated rings. The molecule has 5 heteroatoms. The Labute approximate surface area is 143 Å². The second-order valence-corrected chi connectivity index (χ2v) is 8.17. The van der Waals surface area contributed by atoms with E-state index in [0.717, 1.165) is 12.3 Å². The van der Waals surface area contributed by atoms with E-state index in [-0.39, 0.29) is 30.4 Å². The number of aryl methyl sites for hydroxylation is 2. The van der Waals surface area contributed by atoms with E-state index in [9.17, 15) is 4.79 Å². The van der Waals surface area contributed by atoms with Crippen LogP contribution >= 0.6 is 23.7 Å². The molecule has 1 amide bonds. The van der Waals surface area contributed by atoms with E-state index in [1.165, 1.54) is 41.0 Å². The minimum absolute atomic E-state index is 0. The van der Waals surface area contributed by atoms with Gasteiger partial charge in [-0.05, 0) is 57.6 Å². The van der Waals surface area contributed by atoms with Gasteiger partial charge in [0.05, 0.1) is 12.1 Å². The second-order valence-electron chi connectivity index (χ2n) is 6.70. The number of thiophene rings is 1. The lowest BCUT2D eigenvalue weighted by Gasteiger charge is -2.24. The molecular weight excluding hydrogens is 316 g/mol. The summed E-state index contributed by atoms with van der Waals surface area (Å²) in [6.07, 6.45) is 6.20. The molecule has 3 rings (SSSR count). The molecule has 2 aliphatic rings. The van der Waals surface area contributed by atoms with Crippen LogP contribution < -0.4 is 10.6 Å². The van der Waals surface area contributed by atoms with Gasteiger partial charge in [0.1, 0.15) is 0 Å². The second kappa shape index (κ2) is 7.33. The van der Waals surface area contributed by atoms with Gasteiger partial charge in [-0.2, -0.15) is 0 Å². The van der Waals surface area contributed by atoms with E-state index in [1.807, 2.05) is 0 Å². The summed E-state index contributed by atoms with van der Waals surface area (Å²) < 4.78 is 0. The summed E-state index contributed by atoms with van der Waals surface area (Å²) in [6, 6.07) is 2.90. The standard InChI is InChI=1S/C17H26N2OS.ClH/c1-10-8-14(12(3)21-10)11(2)18-17(20)16-9-13-6-4-5-7-15(13)19-16;/h8,11,13,15-16,19H,4-7,9H2,1-3H3,(H,18,20);1H. The average molecular weight is 343 g/mol. The van der Waals surface area contributed by atoms with Crippen LogP contribution in [0.3, 0.4) is 0 Å². The molecule has 1 aromatic rings. The van der Waals surface area contributed by atoms with Crippen LogP contribution in [0.5, 0.6) is 0 Å². The van der Waals surface area contributed by atoms with Gasteiger partial charge < -0.3 is 10.6 Å². The SMILES string of the molecule is Cc1cc(C(C)NC(=O)C2CC3CCCCC3N2)c(C)s1.Cl. The third-order valence-corrected chi connectivity index (χ3v) is 6.07. The van der Waals surface area contributed by atoms with Crippen LogP contribution in [0.2, 0.25) is 0 Å². The van der Waals surface area contributed by atoms with Gasteiger partial charge in [0, 0.05) is 15.8 Å². The molecule has 1 aliphatic carbocycles. The van der Waals surface area contributed by atoms with Crippen molar-refractivity contribution in [3.05, 3.63) is 21.4 Å². The normalized spacial score (nSPS) is 28.6. The van der Waals surface area contributed by atoms with Crippen LogP contribution in [0.4, 0.5) is 0 Å². The lowest BCUT2D eigenvalue weighted by molar-refractivity contribution is -0.123. The van der Waals surface area contributed by atoms with Crippen LogP contribution in [-0.4, -0.2) is 18.0 Å². The summed E-state index contributed by atoms with van der Waals surface area (Å²) in [5, 5.41) is 6.77. The monoisotopic (exact) mass is 342 g/mol. The number of nitrogens with one attached hydrogen (secondary N) is 2. The highest BCUT2D eigenvalue weighted by Gasteiger charge is 2.38. The summed E-state index contributed by atoms with van der Waals surface area (Å²) in [5.74, 6) is 0.898. The third kappa shape index (κ3) is 3.66. The topological polar surface area (TPSA) is 41.1 Å². The number of halogens is 1. The highest BCUT2D eigenvalue weighted by Crippen LogP contribution is 2.33. The van der Waals surface area contributed by atoms with Gasteiger partial charge in [-0.15, -0.1) is 23.7 Å². The molecule has 0 bridgehead atoms. The summed E-state index contributed by atoms with van der Waals surface area (Å²) in [7, 11) is 0. The van der Waals surface area contributed by atoms with Gasteiger partial charge in [0.2, 0.25) is 5.91 Å². The van der Waals surface area contributed by atoms with Crippen molar-refractivity contribution in [3.8, 4) is 0 Å². The number of hydrogen-bond donors (Lipinski definition) is 2. The van der Waals surface area contributed by atoms with Gasteiger partial charge in [0.25, 0.3) is 0 Å². The molecule has 124 valence electrons. The lowest BCUT2D eigenvalue weighted by Crippen LogP contribution is -2.43. The molecular formula is C17H27ClN2OS. The molecule has 22 heavy (non-hydrogen) atoms. The quantitative estimate of drug-likeness (QED) is 0.875. The molecule has 4 unspecified atom stereocenters. The van der Waals surface area contributed by atoms with Crippen molar-refractivity contribution in [1.29, 1.82) is 0 Å². The highest BCUT2D eigenvalue weighted by atomic mass is 35.5. The zero-order valence-corrected chi connectivity index (χ0v) is 15.3. The van der Waals surface area contributed by atoms with Gasteiger partial charge in [-0.25, -0.2) is 0 Å². The predicted molar refractivity (Wildman–Crippen MR) is 94.9 cm³/mol. The fraction of sp³-hybridized carbons (Fsp3) is 0.706. The first-order chi connectivity index (χ1) is 10.0. The lowest BCUT2D eigenvalue weighted by atomic mass is 9.85. The van der Waals surface area contributed by atoms with Crippen LogP contribution in [0.15, 0.2) is 6.07 Å². The molecule has 2 N–H and O–H groups in total. The predicted octanol–water partition coefficient (Wildman–Crippen LogP) is 3.88. The molecule has 0 radical (unpaired) electrons. The maximum Gasteiger partial charge on any atom is 0.237 e. The van der Waals surface area contributed by atoms with Gasteiger partial charge in [-0.3, -0.25) is 4.79 Å². The summed E-state index contributed by atoms with van der Waals surface area (Å²) in [6.45, 7) is 6.35. The maximum absolute atomic E-state index is 12.5. The number of fused-ring (bicyclic) bond motifs is 1. The first kappa shape index (κ1) is 17.8. The van der Waals surface area contributed by atoms with Gasteiger partial charge in [-0.1, -0.05) is 12.8 Å². The Balaban J connectivity index is 0.00000176. The Morgan fingerprint density at radius 2 is 2.09 bits per heavy atom. The van der Waals surface area contributed by atoms with E-state index < -0.39 is 0 Å². The van der Waals surface area contributed by atoms with Crippen molar-refractivity contribution >= 4 is 29.7 Å². The minimum Gasteiger partial charge on any atom is -0.348 e. The highest BCUT2D eigenvalue weighted by molar-refractivity contribution is 7.12. The number of hydrogen-bond acceptors (Lipinski definition) is 3. The fourth-order valence-electron chi connectivity index (χ4n) is 3.99. The number of rotatable bonds is 3. The van der Waals surface area contributed by atoms with E-state index in [1.54, 1.807) is 11.3 Å². The molecule has 3 nitrogen and oxygen atoms in total. The Kier molecular flexibility index (Phi) is 5.92. The molecule has 0 aromatic carbocycles. The zero-order valence-electron chi connectivity index (χ0n) is 13.6. The smallest absolute Gasteiger partial charge is 0.237 e. The summed E-state index contributed by atoms with van der Waals surface area (Å²) in [4.78, 5) is 15.1. The third-order valence-electron chi connectivity index (χ3n) is 5.08. The fourth-order valence-corrected chi connectivity index (χ4v) is 5.02. The zero-order chi connectivity index (χ0) is 15.0. The Bertz CT molecular complexity index is 517. The Morgan fingerprint density at radius 3 is 2.73 bits per heavy atom. The van der Waals surface area contributed by atoms with Crippen molar-refractivity contribution in [2.24, 2.45) is 5.92 Å². The Hall–Kier alpha value is -0.580. The van der Waals surface area contributed by atoms with E-state index in [2.05, 4.69) is 37.5 Å². The largest absolute Gasteiger partial charge is 0.348 e. The summed E-state index contributed by atoms with van der Waals surface area (Å²) >= 11 is 1.81. The maximum atomic E-state index is 12.5. The molecule has 2 heterocycles. The molecule has 4 atom stereocenters. The Morgan fingerprint density at radius 1 is 1.36 bits per heavy atom. The minimum atomic E-state index is 0. The molecule has 1 saturated heterocycles. The van der Waals surface area contributed by atoms with Crippen LogP contribution in [0.1, 0.15) is 60.4 Å². The molecule has 1 saturated carbocycles. The van der Waals surface area contributed by atoms with Gasteiger partial charge in [0.15, 0.2) is 0 Å². The van der Waals surface area contributed by atoms with Crippen LogP contribution in [0, 0.1) is 19.8 Å². The van der Waals surface area contributed by atoms with E-state index in [0.29, 0.717) is 6.04 Å². The van der Waals surface area contributed by atoms with Gasteiger partial charge >= 0.3 is 0 Å². The number of amides is 1. The van der Waals surface area contributed by atoms with Crippen LogP contribution in [0.25, 0.3) is 0 Å². The first-order valence-electron chi connectivity index (χ1n) is 8.18. The van der Waals surface area contributed by atoms with E-state index in [4.69, 9.17) is 0 Å². The molecule has 1 aliphatic heterocycles. The van der Waals surface area contributed by atoms with E-state index >= 15 is 0 Å². The van der Waals surface area contributed by atoms with Crippen molar-refractivity contribution in [1.82, 2.24) is 10.6 Å². The molecule has 0 spiro atoms. The average Bonchev–Trinajstić information content (AvgIpc) is 3.01. The number of carbonyl (C=O) groups excluding carboxylic acids is 1. The van der Waals surface area contributed by atoms with Crippen molar-refractivity contribution in [2.75, 3.05) is 0 Å². The first-order valence-corrected chi connectivity index (χ1v) is 8.99. The van der Waals surface area contributed by atoms with Crippen molar-refractivity contribution in [3.63, 3.8) is 0 Å². The van der Waals surface area contributed by atoms with Crippen molar-refractivity contribution in [2.45, 2.75) is 71.0 Å². The molecule has 1 aromatic heterocycles. The number of carbonyl (C=O) groups is 1. The summed E-state index contributed by atoms with van der Waals surface area (Å²) in [5.41, 5.74) is 1.27.